The second-order valence-electron chi connectivity index (χ2n) is 6.64. The highest BCUT2D eigenvalue weighted by molar-refractivity contribution is 7.18. The van der Waals surface area contributed by atoms with Crippen molar-refractivity contribution < 1.29 is 14.3 Å². The fourth-order valence-corrected chi connectivity index (χ4v) is 3.92. The topological polar surface area (TPSA) is 95.7 Å². The van der Waals surface area contributed by atoms with Gasteiger partial charge in [-0.3, -0.25) is 9.78 Å². The molecule has 0 aliphatic rings. The summed E-state index contributed by atoms with van der Waals surface area (Å²) < 4.78 is 11.9. The van der Waals surface area contributed by atoms with Gasteiger partial charge in [-0.15, -0.1) is 11.3 Å². The molecule has 3 heterocycles. The number of ether oxygens (including phenoxy) is 2. The van der Waals surface area contributed by atoms with Crippen molar-refractivity contribution in [3.8, 4) is 11.5 Å². The van der Waals surface area contributed by atoms with Crippen LogP contribution in [-0.2, 0) is 0 Å². The average molecular weight is 434 g/mol. The molecule has 0 N–H and O–H groups in total. The predicted octanol–water partition coefficient (Wildman–Crippen LogP) is 3.58. The number of hydrogen-bond donors (Lipinski definition) is 0. The molecule has 0 bridgehead atoms. The van der Waals surface area contributed by atoms with E-state index >= 15 is 0 Å². The molecule has 4 aromatic rings. The minimum absolute atomic E-state index is 0.225. The van der Waals surface area contributed by atoms with Gasteiger partial charge in [-0.25, -0.2) is 9.78 Å². The van der Waals surface area contributed by atoms with Crippen molar-refractivity contribution in [3.05, 3.63) is 81.0 Å². The standard InChI is InChI=1S/C22H18N4O4S/c1-13-14(2)31-20-19(13)21(27)26(12-24-20)25-10-15-6-7-17(18(9-15)29-3)30-22(28)16-5-4-8-23-11-16/h4-12H,1-3H3/b25-10+. The summed E-state index contributed by atoms with van der Waals surface area (Å²) in [5.41, 5.74) is 1.68. The van der Waals surface area contributed by atoms with Crippen molar-refractivity contribution in [3.63, 3.8) is 0 Å². The van der Waals surface area contributed by atoms with Crippen LogP contribution in [0, 0.1) is 13.8 Å². The summed E-state index contributed by atoms with van der Waals surface area (Å²) in [5, 5.41) is 4.82. The van der Waals surface area contributed by atoms with Gasteiger partial charge in [0.25, 0.3) is 5.56 Å². The van der Waals surface area contributed by atoms with Gasteiger partial charge in [0.15, 0.2) is 11.5 Å². The molecule has 0 radical (unpaired) electrons. The molecule has 9 heteroatoms. The van der Waals surface area contributed by atoms with Crippen LogP contribution in [0.25, 0.3) is 10.2 Å². The maximum absolute atomic E-state index is 12.7. The normalized spacial score (nSPS) is 11.2. The van der Waals surface area contributed by atoms with E-state index in [1.54, 1.807) is 36.5 Å². The van der Waals surface area contributed by atoms with Gasteiger partial charge in [-0.2, -0.15) is 9.78 Å². The number of rotatable bonds is 5. The first-order valence-electron chi connectivity index (χ1n) is 9.30. The van der Waals surface area contributed by atoms with E-state index in [0.29, 0.717) is 27.1 Å². The van der Waals surface area contributed by atoms with Crippen LogP contribution in [0.15, 0.2) is 58.9 Å². The molecule has 0 spiro atoms. The molecule has 156 valence electrons. The molecule has 0 aliphatic carbocycles. The van der Waals surface area contributed by atoms with Crippen LogP contribution in [0.2, 0.25) is 0 Å². The molecule has 4 rings (SSSR count). The Morgan fingerprint density at radius 1 is 1.23 bits per heavy atom. The summed E-state index contributed by atoms with van der Waals surface area (Å²) in [6.45, 7) is 3.87. The molecular weight excluding hydrogens is 416 g/mol. The molecule has 31 heavy (non-hydrogen) atoms. The number of methoxy groups -OCH3 is 1. The first-order chi connectivity index (χ1) is 15.0. The molecule has 8 nitrogen and oxygen atoms in total. The van der Waals surface area contributed by atoms with Crippen LogP contribution >= 0.6 is 11.3 Å². The fourth-order valence-electron chi connectivity index (χ4n) is 2.93. The molecule has 3 aromatic heterocycles. The lowest BCUT2D eigenvalue weighted by Crippen LogP contribution is -2.17. The minimum atomic E-state index is -0.542. The van der Waals surface area contributed by atoms with Crippen LogP contribution < -0.4 is 15.0 Å². The minimum Gasteiger partial charge on any atom is -0.493 e. The second-order valence-corrected chi connectivity index (χ2v) is 7.85. The first-order valence-corrected chi connectivity index (χ1v) is 10.1. The van der Waals surface area contributed by atoms with E-state index in [1.807, 2.05) is 13.8 Å². The Balaban J connectivity index is 1.60. The van der Waals surface area contributed by atoms with Crippen molar-refractivity contribution in [2.75, 3.05) is 7.11 Å². The number of carbonyl (C=O) groups excluding carboxylic acids is 1. The van der Waals surface area contributed by atoms with Crippen LogP contribution in [-0.4, -0.2) is 33.9 Å². The van der Waals surface area contributed by atoms with Crippen LogP contribution in [0.4, 0.5) is 0 Å². The maximum Gasteiger partial charge on any atom is 0.345 e. The zero-order chi connectivity index (χ0) is 22.0. The summed E-state index contributed by atoms with van der Waals surface area (Å²) in [6.07, 6.45) is 5.91. The van der Waals surface area contributed by atoms with E-state index in [1.165, 1.54) is 41.9 Å². The lowest BCUT2D eigenvalue weighted by Gasteiger charge is -2.09. The number of benzene rings is 1. The van der Waals surface area contributed by atoms with Crippen LogP contribution in [0.1, 0.15) is 26.4 Å². The van der Waals surface area contributed by atoms with Crippen molar-refractivity contribution in [2.45, 2.75) is 13.8 Å². The molecule has 0 fully saturated rings. The van der Waals surface area contributed by atoms with Gasteiger partial charge >= 0.3 is 5.97 Å². The molecule has 0 aliphatic heterocycles. The van der Waals surface area contributed by atoms with Gasteiger partial charge in [0.1, 0.15) is 11.2 Å². The van der Waals surface area contributed by atoms with E-state index in [0.717, 1.165) is 10.4 Å². The lowest BCUT2D eigenvalue weighted by molar-refractivity contribution is 0.0729. The number of hydrogen-bond acceptors (Lipinski definition) is 8. The van der Waals surface area contributed by atoms with E-state index in [4.69, 9.17) is 9.47 Å². The third-order valence-electron chi connectivity index (χ3n) is 4.69. The Hall–Kier alpha value is -3.85. The molecule has 0 saturated carbocycles. The van der Waals surface area contributed by atoms with Gasteiger partial charge in [-0.1, -0.05) is 0 Å². The van der Waals surface area contributed by atoms with Gasteiger partial charge in [0.05, 0.1) is 24.3 Å². The Labute approximate surface area is 181 Å². The molecule has 0 atom stereocenters. The third kappa shape index (κ3) is 4.08. The highest BCUT2D eigenvalue weighted by atomic mass is 32.1. The molecule has 0 unspecified atom stereocenters. The monoisotopic (exact) mass is 434 g/mol. The van der Waals surface area contributed by atoms with Crippen molar-refractivity contribution in [1.29, 1.82) is 0 Å². The number of aryl methyl sites for hydroxylation is 2. The van der Waals surface area contributed by atoms with E-state index in [-0.39, 0.29) is 11.3 Å². The third-order valence-corrected chi connectivity index (χ3v) is 5.81. The molecule has 0 saturated heterocycles. The summed E-state index contributed by atoms with van der Waals surface area (Å²) in [6, 6.07) is 8.23. The molecular formula is C22H18N4O4S. The summed E-state index contributed by atoms with van der Waals surface area (Å²) in [4.78, 5) is 35.0. The van der Waals surface area contributed by atoms with Gasteiger partial charge in [0.2, 0.25) is 0 Å². The van der Waals surface area contributed by atoms with Gasteiger partial charge in [0, 0.05) is 17.3 Å². The summed E-state index contributed by atoms with van der Waals surface area (Å²) >= 11 is 1.49. The highest BCUT2D eigenvalue weighted by Gasteiger charge is 2.14. The molecule has 0 amide bonds. The quantitative estimate of drug-likeness (QED) is 0.271. The maximum atomic E-state index is 12.7. The number of thiophene rings is 1. The zero-order valence-corrected chi connectivity index (χ0v) is 17.8. The van der Waals surface area contributed by atoms with Gasteiger partial charge in [-0.05, 0) is 55.3 Å². The fraction of sp³-hybridized carbons (Fsp3) is 0.136. The van der Waals surface area contributed by atoms with Crippen LogP contribution in [0.5, 0.6) is 11.5 Å². The number of fused-ring (bicyclic) bond motifs is 1. The van der Waals surface area contributed by atoms with Crippen molar-refractivity contribution in [2.24, 2.45) is 5.10 Å². The Morgan fingerprint density at radius 2 is 2.06 bits per heavy atom. The predicted molar refractivity (Wildman–Crippen MR) is 119 cm³/mol. The lowest BCUT2D eigenvalue weighted by atomic mass is 10.2. The highest BCUT2D eigenvalue weighted by Crippen LogP contribution is 2.28. The van der Waals surface area contributed by atoms with E-state index in [2.05, 4.69) is 15.1 Å². The Kier molecular flexibility index (Phi) is 5.59. The molecule has 1 aromatic carbocycles. The smallest absolute Gasteiger partial charge is 0.345 e. The zero-order valence-electron chi connectivity index (χ0n) is 17.0. The number of carbonyl (C=O) groups is 1. The number of aromatic nitrogens is 3. The van der Waals surface area contributed by atoms with E-state index in [9.17, 15) is 9.59 Å². The number of esters is 1. The van der Waals surface area contributed by atoms with Crippen LogP contribution in [0.3, 0.4) is 0 Å². The number of pyridine rings is 1. The van der Waals surface area contributed by atoms with Gasteiger partial charge < -0.3 is 9.47 Å². The SMILES string of the molecule is COc1cc(/C=N/n2cnc3sc(C)c(C)c3c2=O)ccc1OC(=O)c1cccnc1. The van der Waals surface area contributed by atoms with Crippen molar-refractivity contribution >= 4 is 33.7 Å². The summed E-state index contributed by atoms with van der Waals surface area (Å²) in [5.74, 6) is 0.0738. The first kappa shape index (κ1) is 20.4. The largest absolute Gasteiger partial charge is 0.493 e. The Morgan fingerprint density at radius 3 is 2.81 bits per heavy atom. The second kappa shape index (κ2) is 8.49. The average Bonchev–Trinajstić information content (AvgIpc) is 3.08. The van der Waals surface area contributed by atoms with E-state index < -0.39 is 5.97 Å². The summed E-state index contributed by atoms with van der Waals surface area (Å²) in [7, 11) is 1.47. The van der Waals surface area contributed by atoms with Crippen molar-refractivity contribution in [1.82, 2.24) is 14.6 Å². The Bertz CT molecular complexity index is 1360. The number of nitrogens with zero attached hydrogens (tertiary/aromatic N) is 4.